The first-order valence-corrected chi connectivity index (χ1v) is 4.34. The van der Waals surface area contributed by atoms with Crippen LogP contribution in [0.3, 0.4) is 0 Å². The Morgan fingerprint density at radius 3 is 2.87 bits per heavy atom. The van der Waals surface area contributed by atoms with Crippen molar-refractivity contribution in [2.24, 2.45) is 0 Å². The normalized spacial score (nSPS) is 15.3. The van der Waals surface area contributed by atoms with E-state index in [1.807, 2.05) is 0 Å². The SMILES string of the molecule is O=C(O)C1=CN(c2cccnc2)C(=O)C1. The molecular weight excluding hydrogens is 196 g/mol. The molecule has 0 aliphatic carbocycles. The minimum atomic E-state index is -1.06. The second-order valence-electron chi connectivity index (χ2n) is 3.11. The lowest BCUT2D eigenvalue weighted by atomic mass is 10.2. The number of hydrogen-bond acceptors (Lipinski definition) is 3. The predicted octanol–water partition coefficient (Wildman–Crippen LogP) is 0.787. The number of aliphatic carboxylic acids is 1. The zero-order valence-electron chi connectivity index (χ0n) is 7.75. The van der Waals surface area contributed by atoms with E-state index in [0.29, 0.717) is 5.69 Å². The Bertz CT molecular complexity index is 439. The second kappa shape index (κ2) is 3.53. The summed E-state index contributed by atoms with van der Waals surface area (Å²) in [6.45, 7) is 0. The van der Waals surface area contributed by atoms with Gasteiger partial charge in [-0.25, -0.2) is 4.79 Å². The molecule has 1 aliphatic heterocycles. The highest BCUT2D eigenvalue weighted by Crippen LogP contribution is 2.22. The van der Waals surface area contributed by atoms with Crippen LogP contribution in [0.5, 0.6) is 0 Å². The Labute approximate surface area is 85.7 Å². The van der Waals surface area contributed by atoms with Gasteiger partial charge in [0.2, 0.25) is 5.91 Å². The molecule has 0 saturated carbocycles. The van der Waals surface area contributed by atoms with Crippen molar-refractivity contribution in [1.29, 1.82) is 0 Å². The fourth-order valence-electron chi connectivity index (χ4n) is 1.37. The van der Waals surface area contributed by atoms with E-state index in [1.54, 1.807) is 18.3 Å². The smallest absolute Gasteiger partial charge is 0.333 e. The van der Waals surface area contributed by atoms with Crippen LogP contribution in [0.15, 0.2) is 36.3 Å². The first-order valence-electron chi connectivity index (χ1n) is 4.34. The molecule has 76 valence electrons. The van der Waals surface area contributed by atoms with Gasteiger partial charge in [0.1, 0.15) is 0 Å². The molecule has 1 N–H and O–H groups in total. The van der Waals surface area contributed by atoms with Crippen molar-refractivity contribution in [3.8, 4) is 0 Å². The fraction of sp³-hybridized carbons (Fsp3) is 0.100. The lowest BCUT2D eigenvalue weighted by molar-refractivity contribution is -0.133. The highest BCUT2D eigenvalue weighted by molar-refractivity contribution is 6.06. The highest BCUT2D eigenvalue weighted by atomic mass is 16.4. The molecule has 1 amide bonds. The maximum absolute atomic E-state index is 11.5. The van der Waals surface area contributed by atoms with Gasteiger partial charge in [-0.05, 0) is 12.1 Å². The van der Waals surface area contributed by atoms with Crippen LogP contribution < -0.4 is 4.90 Å². The van der Waals surface area contributed by atoms with Crippen molar-refractivity contribution >= 4 is 17.6 Å². The number of carboxylic acids is 1. The number of rotatable bonds is 2. The number of anilines is 1. The van der Waals surface area contributed by atoms with E-state index < -0.39 is 5.97 Å². The van der Waals surface area contributed by atoms with Gasteiger partial charge in [-0.2, -0.15) is 0 Å². The van der Waals surface area contributed by atoms with Gasteiger partial charge < -0.3 is 5.11 Å². The first kappa shape index (κ1) is 9.39. The standard InChI is InChI=1S/C10H8N2O3/c13-9-4-7(10(14)15)6-12(9)8-2-1-3-11-5-8/h1-3,5-6H,4H2,(H,14,15). The van der Waals surface area contributed by atoms with Crippen LogP contribution >= 0.6 is 0 Å². The molecule has 0 saturated heterocycles. The van der Waals surface area contributed by atoms with E-state index in [2.05, 4.69) is 4.98 Å². The van der Waals surface area contributed by atoms with Crippen molar-refractivity contribution in [2.45, 2.75) is 6.42 Å². The van der Waals surface area contributed by atoms with Crippen LogP contribution in [0.4, 0.5) is 5.69 Å². The molecule has 1 aromatic heterocycles. The summed E-state index contributed by atoms with van der Waals surface area (Å²) in [5.41, 5.74) is 0.683. The Hall–Kier alpha value is -2.17. The minimum absolute atomic E-state index is 0.0653. The molecule has 2 heterocycles. The van der Waals surface area contributed by atoms with E-state index in [0.717, 1.165) is 0 Å². The van der Waals surface area contributed by atoms with E-state index in [9.17, 15) is 9.59 Å². The zero-order chi connectivity index (χ0) is 10.8. The third kappa shape index (κ3) is 1.71. The summed E-state index contributed by atoms with van der Waals surface area (Å²) in [6, 6.07) is 3.39. The quantitative estimate of drug-likeness (QED) is 0.773. The molecule has 1 aromatic rings. The van der Waals surface area contributed by atoms with Crippen LogP contribution in [0.1, 0.15) is 6.42 Å². The molecule has 5 nitrogen and oxygen atoms in total. The zero-order valence-corrected chi connectivity index (χ0v) is 7.75. The number of nitrogens with zero attached hydrogens (tertiary/aromatic N) is 2. The number of aromatic nitrogens is 1. The third-order valence-corrected chi connectivity index (χ3v) is 2.09. The molecule has 0 spiro atoms. The molecule has 0 aromatic carbocycles. The summed E-state index contributed by atoms with van der Waals surface area (Å²) in [4.78, 5) is 27.3. The number of carbonyl (C=O) groups is 2. The van der Waals surface area contributed by atoms with Gasteiger partial charge in [0, 0.05) is 12.4 Å². The Balaban J connectivity index is 2.32. The van der Waals surface area contributed by atoms with Crippen molar-refractivity contribution in [3.63, 3.8) is 0 Å². The van der Waals surface area contributed by atoms with Crippen molar-refractivity contribution in [1.82, 2.24) is 4.98 Å². The van der Waals surface area contributed by atoms with E-state index in [4.69, 9.17) is 5.11 Å². The van der Waals surface area contributed by atoms with Gasteiger partial charge in [0.05, 0.1) is 23.9 Å². The van der Waals surface area contributed by atoms with Crippen molar-refractivity contribution < 1.29 is 14.7 Å². The maximum atomic E-state index is 11.5. The lowest BCUT2D eigenvalue weighted by Crippen LogP contribution is -2.19. The lowest BCUT2D eigenvalue weighted by Gasteiger charge is -2.11. The van der Waals surface area contributed by atoms with Crippen LogP contribution in [0.25, 0.3) is 0 Å². The molecule has 0 unspecified atom stereocenters. The highest BCUT2D eigenvalue weighted by Gasteiger charge is 2.26. The monoisotopic (exact) mass is 204 g/mol. The Kier molecular flexibility index (Phi) is 2.21. The average Bonchev–Trinajstić information content (AvgIpc) is 2.62. The fourth-order valence-corrected chi connectivity index (χ4v) is 1.37. The summed E-state index contributed by atoms with van der Waals surface area (Å²) in [6.07, 6.45) is 4.37. The van der Waals surface area contributed by atoms with Gasteiger partial charge >= 0.3 is 5.97 Å². The summed E-state index contributed by atoms with van der Waals surface area (Å²) in [5, 5.41) is 8.73. The van der Waals surface area contributed by atoms with Crippen molar-refractivity contribution in [2.75, 3.05) is 4.90 Å². The van der Waals surface area contributed by atoms with Crippen molar-refractivity contribution in [3.05, 3.63) is 36.3 Å². The molecular formula is C10H8N2O3. The Morgan fingerprint density at radius 2 is 2.33 bits per heavy atom. The molecule has 0 radical (unpaired) electrons. The first-order chi connectivity index (χ1) is 7.18. The summed E-state index contributed by atoms with van der Waals surface area (Å²) in [5.74, 6) is -1.31. The number of amides is 1. The van der Waals surface area contributed by atoms with E-state index >= 15 is 0 Å². The number of carboxylic acid groups (broad SMARTS) is 1. The number of hydrogen-bond donors (Lipinski definition) is 1. The summed E-state index contributed by atoms with van der Waals surface area (Å²) in [7, 11) is 0. The third-order valence-electron chi connectivity index (χ3n) is 2.09. The number of pyridine rings is 1. The summed E-state index contributed by atoms with van der Waals surface area (Å²) < 4.78 is 0. The molecule has 2 rings (SSSR count). The molecule has 0 fully saturated rings. The van der Waals surface area contributed by atoms with Crippen LogP contribution in [-0.2, 0) is 9.59 Å². The molecule has 15 heavy (non-hydrogen) atoms. The minimum Gasteiger partial charge on any atom is -0.478 e. The van der Waals surface area contributed by atoms with Gasteiger partial charge in [-0.3, -0.25) is 14.7 Å². The predicted molar refractivity (Wildman–Crippen MR) is 52.1 cm³/mol. The van der Waals surface area contributed by atoms with E-state index in [1.165, 1.54) is 17.3 Å². The topological polar surface area (TPSA) is 70.5 Å². The van der Waals surface area contributed by atoms with Gasteiger partial charge in [0.15, 0.2) is 0 Å². The Morgan fingerprint density at radius 1 is 1.53 bits per heavy atom. The number of carbonyl (C=O) groups excluding carboxylic acids is 1. The molecule has 0 atom stereocenters. The largest absolute Gasteiger partial charge is 0.478 e. The van der Waals surface area contributed by atoms with Crippen LogP contribution in [0.2, 0.25) is 0 Å². The van der Waals surface area contributed by atoms with Crippen LogP contribution in [-0.4, -0.2) is 22.0 Å². The van der Waals surface area contributed by atoms with Gasteiger partial charge in [-0.15, -0.1) is 0 Å². The molecule has 1 aliphatic rings. The molecule has 0 bridgehead atoms. The molecule has 5 heteroatoms. The van der Waals surface area contributed by atoms with Gasteiger partial charge in [0.25, 0.3) is 0 Å². The van der Waals surface area contributed by atoms with Crippen LogP contribution in [0, 0.1) is 0 Å². The maximum Gasteiger partial charge on any atom is 0.333 e. The van der Waals surface area contributed by atoms with E-state index in [-0.39, 0.29) is 17.9 Å². The average molecular weight is 204 g/mol. The van der Waals surface area contributed by atoms with Gasteiger partial charge in [-0.1, -0.05) is 0 Å². The second-order valence-corrected chi connectivity index (χ2v) is 3.11. The summed E-state index contributed by atoms with van der Waals surface area (Å²) >= 11 is 0.